The van der Waals surface area contributed by atoms with Gasteiger partial charge in [0.25, 0.3) is 0 Å². The molecule has 1 amide bonds. The quantitative estimate of drug-likeness (QED) is 0.636. The summed E-state index contributed by atoms with van der Waals surface area (Å²) in [5, 5.41) is 5.00. The molecular formula is C11H18N2O3S. The Labute approximate surface area is 105 Å². The van der Waals surface area contributed by atoms with Crippen LogP contribution in [0.4, 0.5) is 0 Å². The van der Waals surface area contributed by atoms with Gasteiger partial charge in [-0.25, -0.2) is 0 Å². The first-order chi connectivity index (χ1) is 8.24. The van der Waals surface area contributed by atoms with Crippen molar-refractivity contribution in [1.29, 1.82) is 0 Å². The molecular weight excluding hydrogens is 240 g/mol. The lowest BCUT2D eigenvalue weighted by Gasteiger charge is -2.04. The number of thiophene rings is 1. The van der Waals surface area contributed by atoms with Gasteiger partial charge in [0, 0.05) is 30.5 Å². The van der Waals surface area contributed by atoms with Crippen LogP contribution in [0.15, 0.2) is 11.4 Å². The zero-order valence-electron chi connectivity index (χ0n) is 9.90. The molecule has 6 heteroatoms. The van der Waals surface area contributed by atoms with Crippen LogP contribution in [-0.2, 0) is 16.0 Å². The highest BCUT2D eigenvalue weighted by Crippen LogP contribution is 2.13. The topological polar surface area (TPSA) is 73.6 Å². The number of methoxy groups -OCH3 is 1. The normalized spacial score (nSPS) is 10.6. The minimum absolute atomic E-state index is 0.379. The van der Waals surface area contributed by atoms with Crippen molar-refractivity contribution in [2.45, 2.75) is 6.54 Å². The number of hydrogen-bond donors (Lipinski definition) is 2. The van der Waals surface area contributed by atoms with Crippen LogP contribution in [0.25, 0.3) is 0 Å². The number of primary amides is 1. The Balaban J connectivity index is 2.07. The first kappa shape index (κ1) is 14.1. The summed E-state index contributed by atoms with van der Waals surface area (Å²) in [5.41, 5.74) is 5.74. The minimum Gasteiger partial charge on any atom is -0.382 e. The molecule has 0 aliphatic carbocycles. The maximum absolute atomic E-state index is 10.9. The fourth-order valence-electron chi connectivity index (χ4n) is 1.20. The van der Waals surface area contributed by atoms with Crippen molar-refractivity contribution < 1.29 is 14.3 Å². The lowest BCUT2D eigenvalue weighted by atomic mass is 10.3. The highest BCUT2D eigenvalue weighted by Gasteiger charge is 2.03. The number of nitrogens with two attached hydrogens (primary N) is 1. The molecule has 0 unspecified atom stereocenters. The lowest BCUT2D eigenvalue weighted by molar-refractivity contribution is 0.0719. The maximum atomic E-state index is 10.9. The van der Waals surface area contributed by atoms with Crippen molar-refractivity contribution in [3.63, 3.8) is 0 Å². The number of rotatable bonds is 9. The fourth-order valence-corrected chi connectivity index (χ4v) is 2.05. The van der Waals surface area contributed by atoms with Gasteiger partial charge in [0.2, 0.25) is 5.91 Å². The Morgan fingerprint density at radius 2 is 2.29 bits per heavy atom. The van der Waals surface area contributed by atoms with Crippen molar-refractivity contribution in [3.05, 3.63) is 21.9 Å². The first-order valence-corrected chi connectivity index (χ1v) is 6.26. The molecule has 0 aliphatic heterocycles. The van der Waals surface area contributed by atoms with Crippen molar-refractivity contribution in [3.8, 4) is 0 Å². The summed E-state index contributed by atoms with van der Waals surface area (Å²) in [5.74, 6) is -0.379. The monoisotopic (exact) mass is 258 g/mol. The van der Waals surface area contributed by atoms with Crippen LogP contribution in [0, 0.1) is 0 Å². The highest BCUT2D eigenvalue weighted by molar-refractivity contribution is 7.10. The molecule has 0 aromatic carbocycles. The zero-order valence-corrected chi connectivity index (χ0v) is 10.7. The van der Waals surface area contributed by atoms with E-state index in [1.807, 2.05) is 6.07 Å². The van der Waals surface area contributed by atoms with E-state index in [-0.39, 0.29) is 5.91 Å². The van der Waals surface area contributed by atoms with E-state index >= 15 is 0 Å². The number of nitrogens with one attached hydrogen (secondary N) is 1. The Morgan fingerprint density at radius 3 is 2.94 bits per heavy atom. The molecule has 1 aromatic heterocycles. The molecule has 3 N–H and O–H groups in total. The van der Waals surface area contributed by atoms with Gasteiger partial charge in [0.05, 0.1) is 25.4 Å². The Morgan fingerprint density at radius 1 is 1.47 bits per heavy atom. The minimum atomic E-state index is -0.379. The Bertz CT molecular complexity index is 341. The van der Waals surface area contributed by atoms with E-state index in [1.54, 1.807) is 12.5 Å². The third kappa shape index (κ3) is 5.78. The Hall–Kier alpha value is -0.950. The van der Waals surface area contributed by atoms with Gasteiger partial charge >= 0.3 is 0 Å². The summed E-state index contributed by atoms with van der Waals surface area (Å²) < 4.78 is 10.2. The smallest absolute Gasteiger partial charge is 0.249 e. The predicted molar refractivity (Wildman–Crippen MR) is 67.2 cm³/mol. The van der Waals surface area contributed by atoms with E-state index in [4.69, 9.17) is 15.2 Å². The largest absolute Gasteiger partial charge is 0.382 e. The molecule has 0 spiro atoms. The first-order valence-electron chi connectivity index (χ1n) is 5.38. The van der Waals surface area contributed by atoms with Gasteiger partial charge in [-0.1, -0.05) is 0 Å². The van der Waals surface area contributed by atoms with Gasteiger partial charge in [-0.2, -0.15) is 0 Å². The van der Waals surface area contributed by atoms with Crippen LogP contribution in [0.1, 0.15) is 15.2 Å². The summed E-state index contributed by atoms with van der Waals surface area (Å²) in [4.78, 5) is 12.0. The van der Waals surface area contributed by atoms with Crippen LogP contribution in [0.5, 0.6) is 0 Å². The number of carbonyl (C=O) groups is 1. The van der Waals surface area contributed by atoms with Crippen LogP contribution < -0.4 is 11.1 Å². The van der Waals surface area contributed by atoms with Crippen molar-refractivity contribution in [1.82, 2.24) is 5.32 Å². The Kier molecular flexibility index (Phi) is 6.80. The predicted octanol–water partition coefficient (Wildman–Crippen LogP) is 0.600. The molecule has 1 heterocycles. The van der Waals surface area contributed by atoms with Gasteiger partial charge < -0.3 is 20.5 Å². The van der Waals surface area contributed by atoms with E-state index in [0.29, 0.717) is 25.4 Å². The second-order valence-electron chi connectivity index (χ2n) is 3.45. The number of ether oxygens (including phenoxy) is 2. The van der Waals surface area contributed by atoms with E-state index in [2.05, 4.69) is 5.32 Å². The highest BCUT2D eigenvalue weighted by atomic mass is 32.1. The van der Waals surface area contributed by atoms with Crippen LogP contribution in [-0.4, -0.2) is 39.4 Å². The molecule has 0 fully saturated rings. The summed E-state index contributed by atoms with van der Waals surface area (Å²) in [6, 6.07) is 1.81. The van der Waals surface area contributed by atoms with Crippen molar-refractivity contribution in [2.75, 3.05) is 33.5 Å². The number of hydrogen-bond acceptors (Lipinski definition) is 5. The average molecular weight is 258 g/mol. The molecule has 96 valence electrons. The molecule has 0 aliphatic rings. The van der Waals surface area contributed by atoms with Gasteiger partial charge in [0.15, 0.2) is 0 Å². The molecule has 1 aromatic rings. The maximum Gasteiger partial charge on any atom is 0.249 e. The molecule has 0 saturated carbocycles. The molecule has 0 saturated heterocycles. The summed E-state index contributed by atoms with van der Waals surface area (Å²) >= 11 is 1.53. The molecule has 0 radical (unpaired) electrons. The molecule has 17 heavy (non-hydrogen) atoms. The summed E-state index contributed by atoms with van der Waals surface area (Å²) in [6.07, 6.45) is 0. The second kappa shape index (κ2) is 8.19. The van der Waals surface area contributed by atoms with Gasteiger partial charge in [-0.05, 0) is 6.07 Å². The molecule has 1 rings (SSSR count). The van der Waals surface area contributed by atoms with Gasteiger partial charge in [-0.15, -0.1) is 11.3 Å². The number of carbonyl (C=O) groups excluding carboxylic acids is 1. The van der Waals surface area contributed by atoms with Gasteiger partial charge in [0.1, 0.15) is 0 Å². The van der Waals surface area contributed by atoms with Crippen molar-refractivity contribution in [2.24, 2.45) is 5.73 Å². The van der Waals surface area contributed by atoms with Crippen LogP contribution in [0.2, 0.25) is 0 Å². The van der Waals surface area contributed by atoms with Gasteiger partial charge in [-0.3, -0.25) is 4.79 Å². The zero-order chi connectivity index (χ0) is 12.5. The van der Waals surface area contributed by atoms with E-state index in [0.717, 1.165) is 18.0 Å². The molecule has 0 bridgehead atoms. The van der Waals surface area contributed by atoms with E-state index in [9.17, 15) is 4.79 Å². The SMILES string of the molecule is COCCOCCNCc1cc(C(N)=O)cs1. The summed E-state index contributed by atoms with van der Waals surface area (Å²) in [7, 11) is 1.65. The van der Waals surface area contributed by atoms with E-state index < -0.39 is 0 Å². The lowest BCUT2D eigenvalue weighted by Crippen LogP contribution is -2.19. The molecule has 0 atom stereocenters. The third-order valence-corrected chi connectivity index (χ3v) is 3.03. The van der Waals surface area contributed by atoms with E-state index in [1.165, 1.54) is 11.3 Å². The van der Waals surface area contributed by atoms with Crippen molar-refractivity contribution >= 4 is 17.2 Å². The second-order valence-corrected chi connectivity index (χ2v) is 4.44. The fraction of sp³-hybridized carbons (Fsp3) is 0.545. The average Bonchev–Trinajstić information content (AvgIpc) is 2.77. The third-order valence-electron chi connectivity index (χ3n) is 2.09. The molecule has 5 nitrogen and oxygen atoms in total. The summed E-state index contributed by atoms with van der Waals surface area (Å²) in [6.45, 7) is 3.38. The number of amides is 1. The van der Waals surface area contributed by atoms with Crippen LogP contribution >= 0.6 is 11.3 Å². The standard InChI is InChI=1S/C11H18N2O3S/c1-15-4-5-16-3-2-13-7-10-6-9(8-17-10)11(12)14/h6,8,13H,2-5,7H2,1H3,(H2,12,14). The van der Waals surface area contributed by atoms with Crippen LogP contribution in [0.3, 0.4) is 0 Å².